The van der Waals surface area contributed by atoms with E-state index in [4.69, 9.17) is 18.9 Å². The second-order valence-electron chi connectivity index (χ2n) is 11.0. The van der Waals surface area contributed by atoms with Crippen molar-refractivity contribution in [2.24, 2.45) is 0 Å². The minimum Gasteiger partial charge on any atom is -0.447 e. The van der Waals surface area contributed by atoms with Gasteiger partial charge in [0.25, 0.3) is 0 Å². The highest BCUT2D eigenvalue weighted by Gasteiger charge is 2.29. The summed E-state index contributed by atoms with van der Waals surface area (Å²) in [4.78, 5) is 41.4. The number of carbonyl (C=O) groups is 3. The Morgan fingerprint density at radius 1 is 0.881 bits per heavy atom. The van der Waals surface area contributed by atoms with Crippen molar-refractivity contribution in [3.05, 3.63) is 30.1 Å². The first-order valence-corrected chi connectivity index (χ1v) is 16.0. The Labute approximate surface area is 252 Å². The van der Waals surface area contributed by atoms with Crippen LogP contribution in [0.25, 0.3) is 0 Å². The first kappa shape index (κ1) is 35.5. The summed E-state index contributed by atoms with van der Waals surface area (Å²) in [6.45, 7) is 4.19. The van der Waals surface area contributed by atoms with Gasteiger partial charge in [0, 0.05) is 19.7 Å². The van der Waals surface area contributed by atoms with Crippen molar-refractivity contribution >= 4 is 18.1 Å². The molecule has 0 spiro atoms. The van der Waals surface area contributed by atoms with E-state index in [1.54, 1.807) is 24.4 Å². The molecule has 0 saturated carbocycles. The summed E-state index contributed by atoms with van der Waals surface area (Å²) in [5.41, 5.74) is 0.563. The summed E-state index contributed by atoms with van der Waals surface area (Å²) in [6.07, 6.45) is 18.6. The summed E-state index contributed by atoms with van der Waals surface area (Å²) < 4.78 is 21.6. The Bertz CT molecular complexity index is 871. The molecule has 0 radical (unpaired) electrons. The third-order valence-corrected chi connectivity index (χ3v) is 7.25. The molecule has 1 aromatic rings. The lowest BCUT2D eigenvalue weighted by atomic mass is 10.0. The Hall–Kier alpha value is -2.72. The van der Waals surface area contributed by atoms with E-state index in [1.807, 2.05) is 0 Å². The van der Waals surface area contributed by atoms with Crippen LogP contribution < -0.4 is 5.32 Å². The third kappa shape index (κ3) is 16.7. The van der Waals surface area contributed by atoms with Crippen molar-refractivity contribution in [3.63, 3.8) is 0 Å². The normalized spacial score (nSPS) is 16.2. The number of ether oxygens (including phenoxy) is 4. The van der Waals surface area contributed by atoms with Gasteiger partial charge in [0.15, 0.2) is 6.29 Å². The van der Waals surface area contributed by atoms with Crippen LogP contribution in [0.1, 0.15) is 116 Å². The average Bonchev–Trinajstić information content (AvgIpc) is 3.45. The van der Waals surface area contributed by atoms with E-state index in [9.17, 15) is 14.4 Å². The van der Waals surface area contributed by atoms with E-state index in [0.717, 1.165) is 17.7 Å². The van der Waals surface area contributed by atoms with Crippen molar-refractivity contribution in [2.75, 3.05) is 26.4 Å². The van der Waals surface area contributed by atoms with Crippen LogP contribution in [-0.2, 0) is 30.3 Å². The van der Waals surface area contributed by atoms with Gasteiger partial charge in [-0.1, -0.05) is 103 Å². The summed E-state index contributed by atoms with van der Waals surface area (Å²) in [7, 11) is 0. The van der Waals surface area contributed by atoms with Gasteiger partial charge < -0.3 is 24.3 Å². The quantitative estimate of drug-likeness (QED) is 0.145. The molecule has 2 rings (SSSR count). The highest BCUT2D eigenvalue weighted by atomic mass is 16.7. The zero-order valence-corrected chi connectivity index (χ0v) is 25.9. The van der Waals surface area contributed by atoms with Gasteiger partial charge in [-0.15, -0.1) is 0 Å². The van der Waals surface area contributed by atoms with Crippen molar-refractivity contribution in [3.8, 4) is 0 Å². The molecule has 2 unspecified atom stereocenters. The molecule has 10 heteroatoms. The maximum Gasteiger partial charge on any atom is 0.417 e. The first-order chi connectivity index (χ1) is 20.5. The van der Waals surface area contributed by atoms with Crippen LogP contribution in [0.5, 0.6) is 0 Å². The zero-order chi connectivity index (χ0) is 30.3. The van der Waals surface area contributed by atoms with E-state index < -0.39 is 30.5 Å². The zero-order valence-electron chi connectivity index (χ0n) is 25.9. The van der Waals surface area contributed by atoms with Crippen LogP contribution in [0.4, 0.5) is 9.59 Å². The fourth-order valence-electron chi connectivity index (χ4n) is 4.76. The van der Waals surface area contributed by atoms with Gasteiger partial charge in [-0.2, -0.15) is 0 Å². The van der Waals surface area contributed by atoms with E-state index in [0.29, 0.717) is 12.2 Å². The maximum atomic E-state index is 12.4. The molecule has 2 heterocycles. The summed E-state index contributed by atoms with van der Waals surface area (Å²) in [5.74, 6) is -0.458. The molecule has 1 aliphatic heterocycles. The Balaban J connectivity index is 1.41. The molecule has 42 heavy (non-hydrogen) atoms. The molecule has 1 N–H and O–H groups in total. The highest BCUT2D eigenvalue weighted by Crippen LogP contribution is 2.15. The highest BCUT2D eigenvalue weighted by molar-refractivity contribution is 5.90. The second kappa shape index (κ2) is 22.8. The predicted molar refractivity (Wildman–Crippen MR) is 161 cm³/mol. The van der Waals surface area contributed by atoms with Gasteiger partial charge in [0.1, 0.15) is 19.3 Å². The number of imide groups is 1. The van der Waals surface area contributed by atoms with E-state index in [2.05, 4.69) is 17.2 Å². The minimum atomic E-state index is -0.807. The number of rotatable bonds is 22. The van der Waals surface area contributed by atoms with Crippen molar-refractivity contribution in [2.45, 2.75) is 129 Å². The average molecular weight is 592 g/mol. The van der Waals surface area contributed by atoms with Crippen LogP contribution in [0.2, 0.25) is 0 Å². The molecule has 0 aliphatic carbocycles. The van der Waals surface area contributed by atoms with E-state index in [1.165, 1.54) is 90.4 Å². The lowest BCUT2D eigenvalue weighted by Gasteiger charge is -2.19. The SMILES string of the molecule is CCCCCCCCCCCCCCCCCNC(=O)OCC1COC(COC(=O)N(Cc2ccccn2)C(C)=O)O1. The number of amides is 3. The van der Waals surface area contributed by atoms with Crippen molar-refractivity contribution in [1.82, 2.24) is 15.2 Å². The van der Waals surface area contributed by atoms with Gasteiger partial charge in [-0.25, -0.2) is 14.5 Å². The number of nitrogens with zero attached hydrogens (tertiary/aromatic N) is 2. The molecule has 3 amide bonds. The second-order valence-corrected chi connectivity index (χ2v) is 11.0. The fraction of sp³-hybridized carbons (Fsp3) is 0.750. The standard InChI is InChI=1S/C32H53N3O7/c1-3-4-5-6-7-8-9-10-11-12-13-14-15-16-18-22-34-31(37)40-25-29-24-39-30(42-29)26-41-32(38)35(27(2)36)23-28-20-17-19-21-33-28/h17,19-21,29-30H,3-16,18,22-26H2,1-2H3,(H,34,37). The lowest BCUT2D eigenvalue weighted by molar-refractivity contribution is -0.130. The Morgan fingerprint density at radius 2 is 1.50 bits per heavy atom. The van der Waals surface area contributed by atoms with Crippen LogP contribution in [0.3, 0.4) is 0 Å². The van der Waals surface area contributed by atoms with Gasteiger partial charge in [0.05, 0.1) is 18.8 Å². The molecular weight excluding hydrogens is 538 g/mol. The largest absolute Gasteiger partial charge is 0.447 e. The molecule has 1 fully saturated rings. The predicted octanol–water partition coefficient (Wildman–Crippen LogP) is 6.91. The number of carbonyl (C=O) groups excluding carboxylic acids is 3. The number of hydrogen-bond acceptors (Lipinski definition) is 8. The molecule has 2 atom stereocenters. The van der Waals surface area contributed by atoms with E-state index >= 15 is 0 Å². The smallest absolute Gasteiger partial charge is 0.417 e. The number of nitrogens with one attached hydrogen (secondary N) is 1. The van der Waals surface area contributed by atoms with Gasteiger partial charge in [0.2, 0.25) is 5.91 Å². The lowest BCUT2D eigenvalue weighted by Crippen LogP contribution is -2.37. The molecule has 1 saturated heterocycles. The molecule has 10 nitrogen and oxygen atoms in total. The summed E-state index contributed by atoms with van der Waals surface area (Å²) >= 11 is 0. The first-order valence-electron chi connectivity index (χ1n) is 16.0. The molecule has 0 bridgehead atoms. The van der Waals surface area contributed by atoms with Gasteiger partial charge in [-0.3, -0.25) is 9.78 Å². The van der Waals surface area contributed by atoms with Crippen LogP contribution in [0, 0.1) is 0 Å². The van der Waals surface area contributed by atoms with Crippen LogP contribution in [-0.4, -0.2) is 66.7 Å². The van der Waals surface area contributed by atoms with Crippen molar-refractivity contribution < 1.29 is 33.3 Å². The summed E-state index contributed by atoms with van der Waals surface area (Å²) in [5, 5.41) is 2.78. The molecule has 0 aromatic carbocycles. The monoisotopic (exact) mass is 591 g/mol. The van der Waals surface area contributed by atoms with Gasteiger partial charge >= 0.3 is 12.2 Å². The molecule has 1 aromatic heterocycles. The topological polar surface area (TPSA) is 116 Å². The fourth-order valence-corrected chi connectivity index (χ4v) is 4.76. The van der Waals surface area contributed by atoms with E-state index in [-0.39, 0.29) is 26.4 Å². The number of unbranched alkanes of at least 4 members (excludes halogenated alkanes) is 14. The Kier molecular flexibility index (Phi) is 19.3. The van der Waals surface area contributed by atoms with Gasteiger partial charge in [-0.05, 0) is 18.6 Å². The van der Waals surface area contributed by atoms with Crippen LogP contribution >= 0.6 is 0 Å². The number of pyridine rings is 1. The number of hydrogen-bond donors (Lipinski definition) is 1. The summed E-state index contributed by atoms with van der Waals surface area (Å²) in [6, 6.07) is 5.24. The number of aromatic nitrogens is 1. The molecule has 238 valence electrons. The molecule has 1 aliphatic rings. The number of alkyl carbamates (subject to hydrolysis) is 1. The Morgan fingerprint density at radius 3 is 2.07 bits per heavy atom. The molecular formula is C32H53N3O7. The van der Waals surface area contributed by atoms with Crippen LogP contribution in [0.15, 0.2) is 24.4 Å². The third-order valence-electron chi connectivity index (χ3n) is 7.25. The van der Waals surface area contributed by atoms with Crippen molar-refractivity contribution in [1.29, 1.82) is 0 Å². The maximum absolute atomic E-state index is 12.4. The minimum absolute atomic E-state index is 0.00631.